The van der Waals surface area contributed by atoms with Crippen molar-refractivity contribution in [3.63, 3.8) is 0 Å². The van der Waals surface area contributed by atoms with Crippen molar-refractivity contribution < 1.29 is 9.59 Å². The predicted molar refractivity (Wildman–Crippen MR) is 129 cm³/mol. The maximum atomic E-state index is 13.6. The maximum Gasteiger partial charge on any atom is 0.270 e. The van der Waals surface area contributed by atoms with Gasteiger partial charge in [0.2, 0.25) is 0 Å². The van der Waals surface area contributed by atoms with E-state index in [4.69, 9.17) is 0 Å². The average Bonchev–Trinajstić information content (AvgIpc) is 3.37. The number of H-pyrrole nitrogens is 1. The number of carbonyl (C=O) groups excluding carboxylic acids is 2. The van der Waals surface area contributed by atoms with Crippen molar-refractivity contribution in [1.82, 2.24) is 24.6 Å². The van der Waals surface area contributed by atoms with Crippen LogP contribution in [0.2, 0.25) is 0 Å². The Morgan fingerprint density at radius 2 is 1.82 bits per heavy atom. The Balaban J connectivity index is 1.25. The molecule has 2 aromatic carbocycles. The molecule has 0 spiro atoms. The quantitative estimate of drug-likeness (QED) is 0.506. The Morgan fingerprint density at radius 3 is 2.56 bits per heavy atom. The van der Waals surface area contributed by atoms with E-state index in [-0.39, 0.29) is 17.4 Å². The fourth-order valence-electron chi connectivity index (χ4n) is 5.13. The molecule has 0 bridgehead atoms. The Bertz CT molecular complexity index is 1380. The number of carbonyl (C=O) groups is 2. The fraction of sp³-hybridized carbons (Fsp3) is 0.296. The van der Waals surface area contributed by atoms with Crippen LogP contribution in [0.3, 0.4) is 0 Å². The zero-order chi connectivity index (χ0) is 23.4. The number of hydrogen-bond acceptors (Lipinski definition) is 3. The second-order valence-corrected chi connectivity index (χ2v) is 9.49. The molecular formula is C27H27N5O2. The molecule has 0 saturated heterocycles. The van der Waals surface area contributed by atoms with E-state index in [1.165, 1.54) is 11.1 Å². The minimum atomic E-state index is -0.256. The molecule has 0 radical (unpaired) electrons. The summed E-state index contributed by atoms with van der Waals surface area (Å²) in [6.45, 7) is 3.56. The first kappa shape index (κ1) is 20.7. The van der Waals surface area contributed by atoms with Crippen molar-refractivity contribution in [2.45, 2.75) is 38.4 Å². The van der Waals surface area contributed by atoms with Gasteiger partial charge in [-0.3, -0.25) is 14.3 Å². The van der Waals surface area contributed by atoms with E-state index in [0.29, 0.717) is 30.9 Å². The molecular weight excluding hydrogens is 426 g/mol. The molecule has 4 aromatic rings. The van der Waals surface area contributed by atoms with Crippen LogP contribution in [0.15, 0.2) is 60.8 Å². The zero-order valence-electron chi connectivity index (χ0n) is 19.4. The fourth-order valence-corrected chi connectivity index (χ4v) is 5.13. The third-order valence-corrected chi connectivity index (χ3v) is 7.41. The zero-order valence-corrected chi connectivity index (χ0v) is 19.4. The number of amides is 2. The second-order valence-electron chi connectivity index (χ2n) is 9.49. The van der Waals surface area contributed by atoms with E-state index in [1.807, 2.05) is 47.0 Å². The number of aryl methyl sites for hydroxylation is 1. The molecule has 1 aliphatic heterocycles. The molecule has 2 aliphatic rings. The Kier molecular flexibility index (Phi) is 4.62. The van der Waals surface area contributed by atoms with Gasteiger partial charge in [0.15, 0.2) is 0 Å². The summed E-state index contributed by atoms with van der Waals surface area (Å²) in [5, 5.41) is 5.48. The monoisotopic (exact) mass is 453 g/mol. The standard InChI is InChI=1S/C27H27N5O2/c1-18-7-9-20(10-8-18)27(11-12-27)30(2)25(33)21-16-28-32-14-13-31(17-24(21)32)26(34)23-15-19-5-3-4-6-22(19)29-23/h3-10,15-16,29H,11-14,17H2,1-2H3. The number of para-hydroxylation sites is 1. The van der Waals surface area contributed by atoms with Crippen LogP contribution in [0.1, 0.15) is 50.5 Å². The number of fused-ring (bicyclic) bond motifs is 2. The van der Waals surface area contributed by atoms with Crippen LogP contribution in [0.4, 0.5) is 0 Å². The molecule has 6 rings (SSSR count). The minimum absolute atomic E-state index is 0.0424. The maximum absolute atomic E-state index is 13.6. The highest BCUT2D eigenvalue weighted by atomic mass is 16.2. The van der Waals surface area contributed by atoms with Crippen molar-refractivity contribution in [1.29, 1.82) is 0 Å². The van der Waals surface area contributed by atoms with E-state index in [2.05, 4.69) is 41.3 Å². The molecule has 1 fully saturated rings. The van der Waals surface area contributed by atoms with Crippen molar-refractivity contribution in [3.8, 4) is 0 Å². The van der Waals surface area contributed by atoms with Crippen molar-refractivity contribution in [3.05, 3.63) is 88.9 Å². The SMILES string of the molecule is Cc1ccc(C2(N(C)C(=O)c3cnn4c3CN(C(=O)c3cc5ccccc5[nH]3)CC4)CC2)cc1. The van der Waals surface area contributed by atoms with Gasteiger partial charge in [0.25, 0.3) is 11.8 Å². The number of nitrogens with one attached hydrogen (secondary N) is 1. The Morgan fingerprint density at radius 1 is 1.06 bits per heavy atom. The molecule has 172 valence electrons. The largest absolute Gasteiger partial charge is 0.351 e. The summed E-state index contributed by atoms with van der Waals surface area (Å²) in [6, 6.07) is 18.2. The van der Waals surface area contributed by atoms with E-state index in [0.717, 1.165) is 29.4 Å². The van der Waals surface area contributed by atoms with Crippen LogP contribution in [0, 0.1) is 6.92 Å². The highest BCUT2D eigenvalue weighted by Crippen LogP contribution is 2.51. The van der Waals surface area contributed by atoms with Gasteiger partial charge in [-0.15, -0.1) is 0 Å². The molecule has 1 saturated carbocycles. The summed E-state index contributed by atoms with van der Waals surface area (Å²) in [6.07, 6.45) is 3.57. The van der Waals surface area contributed by atoms with E-state index in [9.17, 15) is 9.59 Å². The number of hydrogen-bond donors (Lipinski definition) is 1. The van der Waals surface area contributed by atoms with Gasteiger partial charge in [-0.1, -0.05) is 48.0 Å². The third kappa shape index (κ3) is 3.22. The van der Waals surface area contributed by atoms with Crippen LogP contribution >= 0.6 is 0 Å². The lowest BCUT2D eigenvalue weighted by atomic mass is 10.0. The predicted octanol–water partition coefficient (Wildman–Crippen LogP) is 4.09. The number of rotatable bonds is 4. The lowest BCUT2D eigenvalue weighted by Crippen LogP contribution is -2.41. The van der Waals surface area contributed by atoms with Gasteiger partial charge in [-0.05, 0) is 37.5 Å². The summed E-state index contributed by atoms with van der Waals surface area (Å²) in [4.78, 5) is 33.8. The number of benzene rings is 2. The van der Waals surface area contributed by atoms with Gasteiger partial charge in [0.05, 0.1) is 36.1 Å². The van der Waals surface area contributed by atoms with E-state index >= 15 is 0 Å². The van der Waals surface area contributed by atoms with Gasteiger partial charge in [-0.2, -0.15) is 5.10 Å². The van der Waals surface area contributed by atoms with Gasteiger partial charge < -0.3 is 14.8 Å². The molecule has 3 heterocycles. The minimum Gasteiger partial charge on any atom is -0.351 e. The Hall–Kier alpha value is -3.87. The van der Waals surface area contributed by atoms with E-state index in [1.54, 1.807) is 11.1 Å². The summed E-state index contributed by atoms with van der Waals surface area (Å²) < 4.78 is 1.86. The lowest BCUT2D eigenvalue weighted by molar-refractivity contribution is 0.0670. The van der Waals surface area contributed by atoms with Crippen molar-refractivity contribution >= 4 is 22.7 Å². The van der Waals surface area contributed by atoms with Crippen molar-refractivity contribution in [2.24, 2.45) is 0 Å². The highest BCUT2D eigenvalue weighted by molar-refractivity contribution is 5.99. The van der Waals surface area contributed by atoms with Crippen LogP contribution in [-0.2, 0) is 18.6 Å². The van der Waals surface area contributed by atoms with Gasteiger partial charge in [-0.25, -0.2) is 0 Å². The Labute approximate surface area is 198 Å². The molecule has 0 atom stereocenters. The molecule has 7 heteroatoms. The first-order valence-electron chi connectivity index (χ1n) is 11.7. The van der Waals surface area contributed by atoms with Crippen LogP contribution in [0.5, 0.6) is 0 Å². The number of aromatic amines is 1. The third-order valence-electron chi connectivity index (χ3n) is 7.41. The second kappa shape index (κ2) is 7.58. The van der Waals surface area contributed by atoms with Crippen molar-refractivity contribution in [2.75, 3.05) is 13.6 Å². The number of aromatic nitrogens is 3. The van der Waals surface area contributed by atoms with Gasteiger partial charge in [0, 0.05) is 24.5 Å². The topological polar surface area (TPSA) is 74.2 Å². The molecule has 2 aromatic heterocycles. The summed E-state index contributed by atoms with van der Waals surface area (Å²) in [5.41, 5.74) is 5.01. The van der Waals surface area contributed by atoms with Crippen LogP contribution in [-0.4, -0.2) is 50.0 Å². The summed E-state index contributed by atoms with van der Waals surface area (Å²) in [7, 11) is 1.88. The van der Waals surface area contributed by atoms with Crippen LogP contribution in [0.25, 0.3) is 10.9 Å². The highest BCUT2D eigenvalue weighted by Gasteiger charge is 2.50. The number of nitrogens with zero attached hydrogens (tertiary/aromatic N) is 4. The molecule has 2 amide bonds. The molecule has 0 unspecified atom stereocenters. The normalized spacial score (nSPS) is 16.4. The average molecular weight is 454 g/mol. The van der Waals surface area contributed by atoms with Gasteiger partial charge in [0.1, 0.15) is 5.69 Å². The molecule has 1 aliphatic carbocycles. The summed E-state index contributed by atoms with van der Waals surface area (Å²) in [5.74, 6) is -0.104. The van der Waals surface area contributed by atoms with E-state index < -0.39 is 0 Å². The van der Waals surface area contributed by atoms with Gasteiger partial charge >= 0.3 is 0 Å². The lowest BCUT2D eigenvalue weighted by Gasteiger charge is -2.31. The summed E-state index contributed by atoms with van der Waals surface area (Å²) >= 11 is 0. The van der Waals surface area contributed by atoms with Crippen LogP contribution < -0.4 is 0 Å². The smallest absolute Gasteiger partial charge is 0.270 e. The molecule has 7 nitrogen and oxygen atoms in total. The first-order chi connectivity index (χ1) is 16.5. The molecule has 34 heavy (non-hydrogen) atoms. The first-order valence-corrected chi connectivity index (χ1v) is 11.7. The molecule has 1 N–H and O–H groups in total.